The number of carbonyl (C=O) groups is 2. The van der Waals surface area contributed by atoms with Crippen molar-refractivity contribution >= 4 is 23.3 Å². The van der Waals surface area contributed by atoms with Crippen LogP contribution in [0.25, 0.3) is 0 Å². The topological polar surface area (TPSA) is 83.8 Å². The highest BCUT2D eigenvalue weighted by molar-refractivity contribution is 6.22. The van der Waals surface area contributed by atoms with Gasteiger partial charge in [-0.2, -0.15) is 13.2 Å². The van der Waals surface area contributed by atoms with Crippen LogP contribution in [0.15, 0.2) is 18.2 Å². The number of nitro groups is 1. The Labute approximate surface area is 139 Å². The Kier molecular flexibility index (Phi) is 3.13. The lowest BCUT2D eigenvalue weighted by Crippen LogP contribution is -2.40. The van der Waals surface area contributed by atoms with Crippen LogP contribution < -0.4 is 4.90 Å². The zero-order chi connectivity index (χ0) is 18.1. The van der Waals surface area contributed by atoms with Gasteiger partial charge >= 0.3 is 12.2 Å². The molecule has 1 saturated carbocycles. The fourth-order valence-corrected chi connectivity index (χ4v) is 4.21. The number of nitro benzene ring substituents is 1. The smallest absolute Gasteiger partial charge is 0.309 e. The number of piperidine rings is 1. The van der Waals surface area contributed by atoms with Crippen molar-refractivity contribution in [2.24, 2.45) is 5.92 Å². The molecular formula is C15H12F3N3O4. The normalized spacial score (nSPS) is 28.0. The lowest BCUT2D eigenvalue weighted by Gasteiger charge is -2.25. The van der Waals surface area contributed by atoms with E-state index in [0.717, 1.165) is 25.3 Å². The molecule has 7 nitrogen and oxygen atoms in total. The molecule has 0 radical (unpaired) electrons. The number of hydrogen-bond acceptors (Lipinski definition) is 4. The van der Waals surface area contributed by atoms with E-state index >= 15 is 0 Å². The second-order valence-electron chi connectivity index (χ2n) is 6.49. The van der Waals surface area contributed by atoms with Crippen molar-refractivity contribution in [1.29, 1.82) is 0 Å². The molecule has 132 valence electrons. The number of halogens is 3. The van der Waals surface area contributed by atoms with Gasteiger partial charge in [0.1, 0.15) is 11.6 Å². The highest BCUT2D eigenvalue weighted by Gasteiger charge is 2.59. The highest BCUT2D eigenvalue weighted by Crippen LogP contribution is 2.48. The van der Waals surface area contributed by atoms with Gasteiger partial charge in [-0.25, -0.2) is 9.69 Å². The minimum Gasteiger partial charge on any atom is -0.309 e. The van der Waals surface area contributed by atoms with Crippen LogP contribution in [0.2, 0.25) is 0 Å². The molecule has 1 aromatic carbocycles. The number of fused-ring (bicyclic) bond motifs is 5. The fourth-order valence-electron chi connectivity index (χ4n) is 4.21. The molecule has 3 fully saturated rings. The Morgan fingerprint density at radius 2 is 1.92 bits per heavy atom. The zero-order valence-corrected chi connectivity index (χ0v) is 12.7. The van der Waals surface area contributed by atoms with Gasteiger partial charge in [0.05, 0.1) is 10.6 Å². The maximum absolute atomic E-state index is 13.1. The molecule has 3 aliphatic rings. The Bertz CT molecular complexity index is 782. The van der Waals surface area contributed by atoms with Crippen molar-refractivity contribution in [3.05, 3.63) is 33.9 Å². The third-order valence-electron chi connectivity index (χ3n) is 5.21. The quantitative estimate of drug-likeness (QED) is 0.464. The second-order valence-corrected chi connectivity index (χ2v) is 6.49. The second kappa shape index (κ2) is 4.93. The number of alkyl halides is 3. The van der Waals surface area contributed by atoms with Gasteiger partial charge in [0.2, 0.25) is 0 Å². The minimum atomic E-state index is -4.97. The summed E-state index contributed by atoms with van der Waals surface area (Å²) in [6.45, 7) is 0. The van der Waals surface area contributed by atoms with Crippen molar-refractivity contribution < 1.29 is 27.7 Å². The first kappa shape index (κ1) is 15.9. The lowest BCUT2D eigenvalue weighted by atomic mass is 9.99. The van der Waals surface area contributed by atoms with Crippen molar-refractivity contribution in [1.82, 2.24) is 4.90 Å². The third-order valence-corrected chi connectivity index (χ3v) is 5.21. The number of rotatable bonds is 2. The average molecular weight is 355 g/mol. The number of nitrogens with zero attached hydrogens (tertiary/aromatic N) is 3. The molecule has 1 aliphatic carbocycles. The van der Waals surface area contributed by atoms with Crippen LogP contribution in [0.1, 0.15) is 24.8 Å². The van der Waals surface area contributed by atoms with E-state index in [0.29, 0.717) is 17.0 Å². The van der Waals surface area contributed by atoms with Gasteiger partial charge in [-0.15, -0.1) is 0 Å². The molecule has 0 N–H and O–H groups in total. The molecule has 25 heavy (non-hydrogen) atoms. The number of urea groups is 1. The summed E-state index contributed by atoms with van der Waals surface area (Å²) in [5.41, 5.74) is -2.89. The summed E-state index contributed by atoms with van der Waals surface area (Å²) >= 11 is 0. The summed E-state index contributed by atoms with van der Waals surface area (Å²) < 4.78 is 39.4. The molecule has 4 rings (SSSR count). The van der Waals surface area contributed by atoms with Crippen LogP contribution in [0.5, 0.6) is 0 Å². The third kappa shape index (κ3) is 2.12. The van der Waals surface area contributed by atoms with E-state index in [2.05, 4.69) is 0 Å². The summed E-state index contributed by atoms with van der Waals surface area (Å²) in [4.78, 5) is 37.1. The van der Waals surface area contributed by atoms with E-state index in [1.807, 2.05) is 0 Å². The minimum absolute atomic E-state index is 0.0339. The molecule has 3 atom stereocenters. The van der Waals surface area contributed by atoms with Gasteiger partial charge in [-0.05, 0) is 37.3 Å². The first-order valence-corrected chi connectivity index (χ1v) is 7.72. The summed E-state index contributed by atoms with van der Waals surface area (Å²) in [7, 11) is 0. The predicted octanol–water partition coefficient (Wildman–Crippen LogP) is 2.93. The van der Waals surface area contributed by atoms with Gasteiger partial charge in [-0.1, -0.05) is 0 Å². The Hall–Kier alpha value is -2.65. The van der Waals surface area contributed by atoms with Crippen molar-refractivity contribution in [2.75, 3.05) is 4.90 Å². The van der Waals surface area contributed by atoms with Crippen molar-refractivity contribution in [3.8, 4) is 0 Å². The number of carbonyl (C=O) groups excluding carboxylic acids is 2. The molecular weight excluding hydrogens is 343 g/mol. The Morgan fingerprint density at radius 3 is 2.52 bits per heavy atom. The average Bonchev–Trinajstić information content (AvgIpc) is 3.20. The van der Waals surface area contributed by atoms with E-state index in [1.54, 1.807) is 0 Å². The largest absolute Gasteiger partial charge is 0.423 e. The number of benzene rings is 1. The van der Waals surface area contributed by atoms with E-state index in [9.17, 15) is 32.9 Å². The van der Waals surface area contributed by atoms with Crippen LogP contribution in [0.3, 0.4) is 0 Å². The maximum atomic E-state index is 13.1. The van der Waals surface area contributed by atoms with Crippen LogP contribution in [0.4, 0.5) is 29.3 Å². The van der Waals surface area contributed by atoms with Crippen LogP contribution in [0, 0.1) is 16.0 Å². The van der Waals surface area contributed by atoms with E-state index in [1.165, 1.54) is 4.90 Å². The van der Waals surface area contributed by atoms with Crippen molar-refractivity contribution in [3.63, 3.8) is 0 Å². The number of imide groups is 1. The van der Waals surface area contributed by atoms with Crippen molar-refractivity contribution in [2.45, 2.75) is 37.5 Å². The molecule has 2 bridgehead atoms. The van der Waals surface area contributed by atoms with Crippen LogP contribution >= 0.6 is 0 Å². The summed E-state index contributed by atoms with van der Waals surface area (Å²) in [6.07, 6.45) is -2.64. The van der Waals surface area contributed by atoms with Gasteiger partial charge in [0, 0.05) is 12.1 Å². The molecule has 1 aromatic rings. The summed E-state index contributed by atoms with van der Waals surface area (Å²) in [6, 6.07) is 0.846. The van der Waals surface area contributed by atoms with Gasteiger partial charge in [-0.3, -0.25) is 14.9 Å². The molecule has 2 saturated heterocycles. The zero-order valence-electron chi connectivity index (χ0n) is 12.7. The summed E-state index contributed by atoms with van der Waals surface area (Å²) in [5.74, 6) is -0.522. The fraction of sp³-hybridized carbons (Fsp3) is 0.467. The SMILES string of the molecule is O=C1[C@@H]2C3CCC(C3)N2C(=O)N1c1ccc([N+](=O)[O-])c(C(F)(F)F)c1. The van der Waals surface area contributed by atoms with E-state index < -0.39 is 40.3 Å². The molecule has 2 heterocycles. The molecule has 3 amide bonds. The molecule has 2 unspecified atom stereocenters. The molecule has 2 aliphatic heterocycles. The van der Waals surface area contributed by atoms with E-state index in [-0.39, 0.29) is 17.6 Å². The van der Waals surface area contributed by atoms with Crippen LogP contribution in [-0.4, -0.2) is 33.8 Å². The Morgan fingerprint density at radius 1 is 1.20 bits per heavy atom. The standard InChI is InChI=1S/C15H12F3N3O4/c16-15(17,18)10-6-9(3-4-11(10)21(24)25)20-13(22)12-7-1-2-8(5-7)19(12)14(20)23/h3-4,6-8,12H,1-2,5H2/t7?,8?,12-/m0/s1. The van der Waals surface area contributed by atoms with Gasteiger partial charge in [0.25, 0.3) is 11.6 Å². The van der Waals surface area contributed by atoms with E-state index in [4.69, 9.17) is 0 Å². The predicted molar refractivity (Wildman–Crippen MR) is 77.7 cm³/mol. The first-order valence-electron chi connectivity index (χ1n) is 7.72. The van der Waals surface area contributed by atoms with Gasteiger partial charge < -0.3 is 4.90 Å². The van der Waals surface area contributed by atoms with Crippen LogP contribution in [-0.2, 0) is 11.0 Å². The van der Waals surface area contributed by atoms with Gasteiger partial charge in [0.15, 0.2) is 0 Å². The molecule has 10 heteroatoms. The monoisotopic (exact) mass is 355 g/mol. The molecule has 0 spiro atoms. The number of amides is 3. The lowest BCUT2D eigenvalue weighted by molar-refractivity contribution is -0.388. The highest BCUT2D eigenvalue weighted by atomic mass is 19.4. The maximum Gasteiger partial charge on any atom is 0.423 e. The summed E-state index contributed by atoms with van der Waals surface area (Å²) in [5, 5.41) is 10.8. The number of hydrogen-bond donors (Lipinski definition) is 0. The Balaban J connectivity index is 1.77. The number of anilines is 1. The first-order chi connectivity index (χ1) is 11.7. The molecule has 0 aromatic heterocycles.